The molecular weight excluding hydrogens is 266 g/mol. The van der Waals surface area contributed by atoms with Gasteiger partial charge in [0.1, 0.15) is 6.54 Å². The molecule has 0 atom stereocenters. The van der Waals surface area contributed by atoms with E-state index >= 15 is 0 Å². The Morgan fingerprint density at radius 3 is 2.95 bits per heavy atom. The molecule has 3 N–H and O–H groups in total. The maximum absolute atomic E-state index is 11.8. The van der Waals surface area contributed by atoms with Gasteiger partial charge in [0.15, 0.2) is 5.69 Å². The van der Waals surface area contributed by atoms with Crippen LogP contribution in [0.3, 0.4) is 0 Å². The number of hydrogen-bond donors (Lipinski definition) is 3. The molecule has 3 amide bonds. The Labute approximate surface area is 114 Å². The summed E-state index contributed by atoms with van der Waals surface area (Å²) in [6.45, 7) is 1.72. The summed E-state index contributed by atoms with van der Waals surface area (Å²) < 4.78 is 1.58. The molecule has 1 saturated heterocycles. The summed E-state index contributed by atoms with van der Waals surface area (Å²) in [6, 6.07) is -0.307. The smallest absolute Gasteiger partial charge is 0.356 e. The van der Waals surface area contributed by atoms with E-state index in [1.165, 1.54) is 17.4 Å². The van der Waals surface area contributed by atoms with Gasteiger partial charge >= 0.3 is 12.0 Å². The minimum atomic E-state index is -1.09. The van der Waals surface area contributed by atoms with Crippen LogP contribution in [0.4, 0.5) is 4.79 Å². The normalized spacial score (nSPS) is 14.8. The Hall–Kier alpha value is -2.58. The van der Waals surface area contributed by atoms with E-state index in [9.17, 15) is 14.4 Å². The Morgan fingerprint density at radius 2 is 2.30 bits per heavy atom. The van der Waals surface area contributed by atoms with Crippen LogP contribution in [-0.4, -0.2) is 63.6 Å². The van der Waals surface area contributed by atoms with E-state index in [-0.39, 0.29) is 24.2 Å². The molecule has 0 aliphatic carbocycles. The van der Waals surface area contributed by atoms with Gasteiger partial charge in [-0.1, -0.05) is 0 Å². The van der Waals surface area contributed by atoms with Crippen LogP contribution in [0, 0.1) is 0 Å². The summed E-state index contributed by atoms with van der Waals surface area (Å²) >= 11 is 0. The summed E-state index contributed by atoms with van der Waals surface area (Å²) in [5.74, 6) is -1.26. The van der Waals surface area contributed by atoms with Crippen molar-refractivity contribution in [2.24, 2.45) is 0 Å². The topological polar surface area (TPSA) is 117 Å². The highest BCUT2D eigenvalue weighted by Gasteiger charge is 2.20. The maximum atomic E-state index is 11.8. The van der Waals surface area contributed by atoms with Crippen LogP contribution in [0.2, 0.25) is 0 Å². The lowest BCUT2D eigenvalue weighted by Gasteiger charge is -2.26. The number of imidazole rings is 1. The quantitative estimate of drug-likeness (QED) is 0.635. The fourth-order valence-corrected chi connectivity index (χ4v) is 1.81. The van der Waals surface area contributed by atoms with E-state index in [2.05, 4.69) is 15.6 Å². The van der Waals surface area contributed by atoms with Gasteiger partial charge in [0.25, 0.3) is 0 Å². The van der Waals surface area contributed by atoms with Crippen LogP contribution >= 0.6 is 0 Å². The summed E-state index contributed by atoms with van der Waals surface area (Å²) in [4.78, 5) is 38.7. The van der Waals surface area contributed by atoms with Crippen molar-refractivity contribution in [3.05, 3.63) is 18.2 Å². The molecule has 1 fully saturated rings. The maximum Gasteiger partial charge on any atom is 0.356 e. The largest absolute Gasteiger partial charge is 0.476 e. The molecule has 0 bridgehead atoms. The zero-order valence-electron chi connectivity index (χ0n) is 10.7. The number of carboxylic acid groups (broad SMARTS) is 1. The third-order valence-electron chi connectivity index (χ3n) is 2.82. The van der Waals surface area contributed by atoms with Crippen LogP contribution < -0.4 is 10.6 Å². The van der Waals surface area contributed by atoms with Crippen LogP contribution in [0.25, 0.3) is 0 Å². The molecule has 20 heavy (non-hydrogen) atoms. The molecule has 2 heterocycles. The van der Waals surface area contributed by atoms with E-state index in [0.717, 1.165) is 0 Å². The Balaban J connectivity index is 1.75. The van der Waals surface area contributed by atoms with Crippen LogP contribution in [0.1, 0.15) is 10.5 Å². The second-order valence-corrected chi connectivity index (χ2v) is 4.31. The minimum absolute atomic E-state index is 0.0379. The highest BCUT2D eigenvalue weighted by Crippen LogP contribution is 1.96. The van der Waals surface area contributed by atoms with Gasteiger partial charge in [-0.3, -0.25) is 4.79 Å². The Morgan fingerprint density at radius 1 is 1.50 bits per heavy atom. The van der Waals surface area contributed by atoms with E-state index < -0.39 is 5.97 Å². The van der Waals surface area contributed by atoms with Crippen molar-refractivity contribution in [2.45, 2.75) is 6.54 Å². The van der Waals surface area contributed by atoms with Crippen molar-refractivity contribution in [1.82, 2.24) is 25.1 Å². The van der Waals surface area contributed by atoms with Crippen molar-refractivity contribution in [3.63, 3.8) is 0 Å². The van der Waals surface area contributed by atoms with Crippen molar-refractivity contribution in [2.75, 3.05) is 26.2 Å². The fraction of sp³-hybridized carbons (Fsp3) is 0.455. The van der Waals surface area contributed by atoms with Crippen molar-refractivity contribution < 1.29 is 19.5 Å². The molecule has 0 saturated carbocycles. The van der Waals surface area contributed by atoms with Crippen LogP contribution in [0.5, 0.6) is 0 Å². The molecule has 0 aromatic carbocycles. The van der Waals surface area contributed by atoms with Gasteiger partial charge in [-0.05, 0) is 0 Å². The van der Waals surface area contributed by atoms with Gasteiger partial charge in [-0.15, -0.1) is 0 Å². The average molecular weight is 281 g/mol. The lowest BCUT2D eigenvalue weighted by atomic mass is 10.4. The first-order chi connectivity index (χ1) is 9.56. The molecule has 1 aromatic heterocycles. The Bertz CT molecular complexity index is 527. The summed E-state index contributed by atoms with van der Waals surface area (Å²) in [5, 5.41) is 14.0. The first-order valence-electron chi connectivity index (χ1n) is 6.11. The van der Waals surface area contributed by atoms with Crippen LogP contribution in [-0.2, 0) is 11.3 Å². The molecule has 1 aromatic rings. The molecule has 108 valence electrons. The number of carbonyl (C=O) groups excluding carboxylic acids is 2. The molecule has 2 rings (SSSR count). The standard InChI is InChI=1S/C11H15N5O4/c17-9-6-16(4-2-12-9)11(20)13-1-3-15-5-8(10(18)19)14-7-15/h5,7H,1-4,6H2,(H,12,17)(H,13,20)(H,18,19). The fourth-order valence-electron chi connectivity index (χ4n) is 1.81. The second kappa shape index (κ2) is 6.04. The molecule has 9 heteroatoms. The average Bonchev–Trinajstić information content (AvgIpc) is 2.87. The first kappa shape index (κ1) is 13.8. The molecular formula is C11H15N5O4. The number of hydrogen-bond acceptors (Lipinski definition) is 4. The number of carboxylic acids is 1. The zero-order chi connectivity index (χ0) is 14.5. The van der Waals surface area contributed by atoms with Crippen molar-refractivity contribution in [1.29, 1.82) is 0 Å². The molecule has 1 aliphatic rings. The van der Waals surface area contributed by atoms with E-state index in [0.29, 0.717) is 26.2 Å². The molecule has 1 aliphatic heterocycles. The number of piperazine rings is 1. The number of aromatic carboxylic acids is 1. The van der Waals surface area contributed by atoms with Gasteiger partial charge in [0.2, 0.25) is 5.91 Å². The van der Waals surface area contributed by atoms with E-state index in [1.54, 1.807) is 4.57 Å². The summed E-state index contributed by atoms with van der Waals surface area (Å²) in [6.07, 6.45) is 2.78. The third-order valence-corrected chi connectivity index (χ3v) is 2.82. The zero-order valence-corrected chi connectivity index (χ0v) is 10.7. The monoisotopic (exact) mass is 281 g/mol. The molecule has 0 spiro atoms. The lowest BCUT2D eigenvalue weighted by molar-refractivity contribution is -0.123. The SMILES string of the molecule is O=C1CN(C(=O)NCCn2cnc(C(=O)O)c2)CCN1. The second-order valence-electron chi connectivity index (χ2n) is 4.31. The number of rotatable bonds is 4. The highest BCUT2D eigenvalue weighted by molar-refractivity contribution is 5.85. The van der Waals surface area contributed by atoms with Gasteiger partial charge in [0, 0.05) is 32.4 Å². The number of amides is 3. The van der Waals surface area contributed by atoms with Crippen molar-refractivity contribution in [3.8, 4) is 0 Å². The first-order valence-corrected chi connectivity index (χ1v) is 6.11. The minimum Gasteiger partial charge on any atom is -0.476 e. The van der Waals surface area contributed by atoms with E-state index in [4.69, 9.17) is 5.11 Å². The third kappa shape index (κ3) is 3.46. The summed E-state index contributed by atoms with van der Waals surface area (Å²) in [5.41, 5.74) is -0.0379. The predicted octanol–water partition coefficient (Wildman–Crippen LogP) is -1.28. The van der Waals surface area contributed by atoms with Gasteiger partial charge in [0.05, 0.1) is 6.33 Å². The highest BCUT2D eigenvalue weighted by atomic mass is 16.4. The lowest BCUT2D eigenvalue weighted by Crippen LogP contribution is -2.53. The Kier molecular flexibility index (Phi) is 4.18. The molecule has 0 unspecified atom stereocenters. The van der Waals surface area contributed by atoms with Gasteiger partial charge < -0.3 is 25.2 Å². The van der Waals surface area contributed by atoms with Gasteiger partial charge in [-0.25, -0.2) is 14.6 Å². The number of nitrogens with zero attached hydrogens (tertiary/aromatic N) is 3. The predicted molar refractivity (Wildman–Crippen MR) is 67.2 cm³/mol. The van der Waals surface area contributed by atoms with Crippen LogP contribution in [0.15, 0.2) is 12.5 Å². The van der Waals surface area contributed by atoms with Crippen molar-refractivity contribution >= 4 is 17.9 Å². The number of carbonyl (C=O) groups is 3. The summed E-state index contributed by atoms with van der Waals surface area (Å²) in [7, 11) is 0. The molecule has 0 radical (unpaired) electrons. The van der Waals surface area contributed by atoms with E-state index in [1.807, 2.05) is 0 Å². The number of urea groups is 1. The molecule has 9 nitrogen and oxygen atoms in total. The van der Waals surface area contributed by atoms with Gasteiger partial charge in [-0.2, -0.15) is 0 Å². The number of nitrogens with one attached hydrogen (secondary N) is 2. The number of aromatic nitrogens is 2.